The van der Waals surface area contributed by atoms with Crippen molar-refractivity contribution in [3.05, 3.63) is 24.3 Å². The highest BCUT2D eigenvalue weighted by Crippen LogP contribution is 2.18. The quantitative estimate of drug-likeness (QED) is 0.0320. The van der Waals surface area contributed by atoms with Gasteiger partial charge in [-0.3, -0.25) is 9.59 Å². The van der Waals surface area contributed by atoms with Crippen LogP contribution in [0.4, 0.5) is 0 Å². The van der Waals surface area contributed by atoms with Crippen molar-refractivity contribution < 1.29 is 24.5 Å². The Morgan fingerprint density at radius 3 is 0.959 bits per heavy atom. The largest absolute Gasteiger partial charge is 0.466 e. The molecule has 0 radical (unpaired) electrons. The SMILES string of the molecule is CCCCCCCCCCCCCC/C=C/C(O)C(CO)NC(=O)CCCCCCCCCCCC/C=C\CCCCCCCCCCCCCCOC(=O)CCCCCCCCCCCCCCCCCCC. The molecule has 0 heterocycles. The molecule has 6 nitrogen and oxygen atoms in total. The van der Waals surface area contributed by atoms with E-state index in [2.05, 4.69) is 31.3 Å². The topological polar surface area (TPSA) is 95.9 Å². The van der Waals surface area contributed by atoms with Gasteiger partial charge < -0.3 is 20.3 Å². The fourth-order valence-corrected chi connectivity index (χ4v) is 10.6. The van der Waals surface area contributed by atoms with Gasteiger partial charge in [0.15, 0.2) is 0 Å². The summed E-state index contributed by atoms with van der Waals surface area (Å²) < 4.78 is 5.50. The van der Waals surface area contributed by atoms with Crippen LogP contribution in [0.15, 0.2) is 24.3 Å². The van der Waals surface area contributed by atoms with Crippen LogP contribution in [0.3, 0.4) is 0 Å². The predicted octanol–water partition coefficient (Wildman–Crippen LogP) is 21.4. The minimum Gasteiger partial charge on any atom is -0.466 e. The van der Waals surface area contributed by atoms with Crippen LogP contribution in [0.5, 0.6) is 0 Å². The van der Waals surface area contributed by atoms with Gasteiger partial charge in [-0.05, 0) is 57.8 Å². The van der Waals surface area contributed by atoms with E-state index >= 15 is 0 Å². The lowest BCUT2D eigenvalue weighted by molar-refractivity contribution is -0.143. The molecule has 0 aliphatic carbocycles. The van der Waals surface area contributed by atoms with Gasteiger partial charge >= 0.3 is 5.97 Å². The molecule has 0 aromatic carbocycles. The lowest BCUT2D eigenvalue weighted by Gasteiger charge is -2.20. The third kappa shape index (κ3) is 59.6. The summed E-state index contributed by atoms with van der Waals surface area (Å²) in [6.07, 6.45) is 79.6. The van der Waals surface area contributed by atoms with E-state index in [-0.39, 0.29) is 18.5 Å². The van der Waals surface area contributed by atoms with Crippen LogP contribution in [-0.2, 0) is 14.3 Å². The lowest BCUT2D eigenvalue weighted by Crippen LogP contribution is -2.45. The number of hydrogen-bond donors (Lipinski definition) is 3. The van der Waals surface area contributed by atoms with E-state index in [9.17, 15) is 19.8 Å². The maximum Gasteiger partial charge on any atom is 0.305 e. The molecule has 0 bridgehead atoms. The first-order valence-electron chi connectivity index (χ1n) is 33.6. The molecule has 0 rings (SSSR count). The first-order valence-corrected chi connectivity index (χ1v) is 33.6. The Morgan fingerprint density at radius 1 is 0.365 bits per heavy atom. The van der Waals surface area contributed by atoms with Crippen molar-refractivity contribution >= 4 is 11.9 Å². The molecule has 438 valence electrons. The summed E-state index contributed by atoms with van der Waals surface area (Å²) in [6, 6.07) is -0.628. The maximum atomic E-state index is 12.5. The number of carbonyl (C=O) groups is 2. The molecule has 2 unspecified atom stereocenters. The van der Waals surface area contributed by atoms with Gasteiger partial charge in [-0.25, -0.2) is 0 Å². The van der Waals surface area contributed by atoms with E-state index in [4.69, 9.17) is 4.74 Å². The molecule has 0 aliphatic rings. The van der Waals surface area contributed by atoms with Crippen LogP contribution < -0.4 is 5.32 Å². The second-order valence-electron chi connectivity index (χ2n) is 23.2. The van der Waals surface area contributed by atoms with Gasteiger partial charge in [-0.1, -0.05) is 327 Å². The zero-order chi connectivity index (χ0) is 53.6. The number of esters is 1. The van der Waals surface area contributed by atoms with Crippen LogP contribution in [0.25, 0.3) is 0 Å². The van der Waals surface area contributed by atoms with E-state index in [1.54, 1.807) is 6.08 Å². The number of ether oxygens (including phenoxy) is 1. The van der Waals surface area contributed by atoms with Crippen molar-refractivity contribution in [2.24, 2.45) is 0 Å². The average molecular weight is 1040 g/mol. The number of aliphatic hydroxyl groups excluding tert-OH is 2. The summed E-state index contributed by atoms with van der Waals surface area (Å²) in [5.74, 6) is -0.0498. The Bertz CT molecular complexity index is 1150. The monoisotopic (exact) mass is 1040 g/mol. The Balaban J connectivity index is 3.38. The zero-order valence-electron chi connectivity index (χ0n) is 50.1. The van der Waals surface area contributed by atoms with E-state index < -0.39 is 12.1 Å². The van der Waals surface area contributed by atoms with Crippen molar-refractivity contribution in [2.45, 2.75) is 386 Å². The number of carbonyl (C=O) groups excluding carboxylic acids is 2. The molecule has 0 saturated heterocycles. The van der Waals surface area contributed by atoms with Gasteiger partial charge in [0.2, 0.25) is 5.91 Å². The van der Waals surface area contributed by atoms with E-state index in [1.807, 2.05) is 6.08 Å². The first kappa shape index (κ1) is 72.3. The van der Waals surface area contributed by atoms with Crippen LogP contribution in [-0.4, -0.2) is 47.4 Å². The number of amides is 1. The summed E-state index contributed by atoms with van der Waals surface area (Å²) in [5.41, 5.74) is 0. The third-order valence-electron chi connectivity index (χ3n) is 15.7. The van der Waals surface area contributed by atoms with E-state index in [1.165, 1.54) is 308 Å². The second kappa shape index (κ2) is 63.9. The molecule has 0 spiro atoms. The van der Waals surface area contributed by atoms with Gasteiger partial charge in [0.25, 0.3) is 0 Å². The van der Waals surface area contributed by atoms with Crippen LogP contribution >= 0.6 is 0 Å². The molecular weight excluding hydrogens is 911 g/mol. The average Bonchev–Trinajstić information content (AvgIpc) is 3.40. The van der Waals surface area contributed by atoms with Crippen molar-refractivity contribution in [1.82, 2.24) is 5.32 Å². The fourth-order valence-electron chi connectivity index (χ4n) is 10.6. The molecule has 1 amide bonds. The molecule has 6 heteroatoms. The van der Waals surface area contributed by atoms with Gasteiger partial charge in [0.05, 0.1) is 25.4 Å². The maximum absolute atomic E-state index is 12.5. The normalized spacial score (nSPS) is 12.6. The molecule has 2 atom stereocenters. The minimum atomic E-state index is -0.845. The summed E-state index contributed by atoms with van der Waals surface area (Å²) >= 11 is 0. The van der Waals surface area contributed by atoms with Gasteiger partial charge in [0.1, 0.15) is 0 Å². The number of hydrogen-bond acceptors (Lipinski definition) is 5. The highest BCUT2D eigenvalue weighted by atomic mass is 16.5. The minimum absolute atomic E-state index is 0.0184. The van der Waals surface area contributed by atoms with Crippen LogP contribution in [0, 0.1) is 0 Å². The van der Waals surface area contributed by atoms with Crippen LogP contribution in [0.2, 0.25) is 0 Å². The fraction of sp³-hybridized carbons (Fsp3) is 0.912. The first-order chi connectivity index (χ1) is 36.5. The standard InChI is InChI=1S/C68H131NO5/c1-3-5-7-9-11-13-15-17-19-30-34-38-42-46-50-54-58-62-68(73)74-63-59-55-51-47-43-39-35-32-29-27-25-23-21-20-22-24-26-28-31-33-37-41-45-49-53-57-61-67(72)69-65(64-70)66(71)60-56-52-48-44-40-36-18-16-14-12-10-8-6-4-2/h20,22,56,60,65-66,70-71H,3-19,21,23-55,57-59,61-64H2,1-2H3,(H,69,72)/b22-20-,60-56+. The Hall–Kier alpha value is -1.66. The van der Waals surface area contributed by atoms with E-state index in [0.29, 0.717) is 19.4 Å². The molecule has 0 aliphatic heterocycles. The highest BCUT2D eigenvalue weighted by Gasteiger charge is 2.18. The number of allylic oxidation sites excluding steroid dienone is 3. The summed E-state index contributed by atoms with van der Waals surface area (Å²) in [5, 5.41) is 23.1. The number of nitrogens with one attached hydrogen (secondary N) is 1. The molecule has 3 N–H and O–H groups in total. The molecule has 0 aromatic heterocycles. The van der Waals surface area contributed by atoms with Gasteiger partial charge in [-0.15, -0.1) is 0 Å². The van der Waals surface area contributed by atoms with Gasteiger partial charge in [0, 0.05) is 12.8 Å². The van der Waals surface area contributed by atoms with Crippen molar-refractivity contribution in [2.75, 3.05) is 13.2 Å². The molecule has 0 aromatic rings. The number of unbranched alkanes of at least 4 members (excludes halogenated alkanes) is 50. The van der Waals surface area contributed by atoms with Crippen molar-refractivity contribution in [1.29, 1.82) is 0 Å². The molecule has 0 fully saturated rings. The summed E-state index contributed by atoms with van der Waals surface area (Å²) in [6.45, 7) is 4.93. The smallest absolute Gasteiger partial charge is 0.305 e. The van der Waals surface area contributed by atoms with Crippen molar-refractivity contribution in [3.8, 4) is 0 Å². The lowest BCUT2D eigenvalue weighted by atomic mass is 10.0. The second-order valence-corrected chi connectivity index (χ2v) is 23.2. The summed E-state index contributed by atoms with van der Waals surface area (Å²) in [4.78, 5) is 24.6. The van der Waals surface area contributed by atoms with E-state index in [0.717, 1.165) is 38.5 Å². The summed E-state index contributed by atoms with van der Waals surface area (Å²) in [7, 11) is 0. The van der Waals surface area contributed by atoms with Crippen LogP contribution in [0.1, 0.15) is 373 Å². The Kier molecular flexibility index (Phi) is 62.4. The van der Waals surface area contributed by atoms with Crippen molar-refractivity contribution in [3.63, 3.8) is 0 Å². The zero-order valence-corrected chi connectivity index (χ0v) is 50.1. The Morgan fingerprint density at radius 2 is 0.635 bits per heavy atom. The number of aliphatic hydroxyl groups is 2. The third-order valence-corrected chi connectivity index (χ3v) is 15.7. The molecule has 0 saturated carbocycles. The number of rotatable bonds is 63. The predicted molar refractivity (Wildman–Crippen MR) is 324 cm³/mol. The highest BCUT2D eigenvalue weighted by molar-refractivity contribution is 5.76. The molecule has 74 heavy (non-hydrogen) atoms. The Labute approximate surface area is 462 Å². The van der Waals surface area contributed by atoms with Gasteiger partial charge in [-0.2, -0.15) is 0 Å². The molecular formula is C68H131NO5.